The molecule has 0 aliphatic heterocycles. The van der Waals surface area contributed by atoms with Crippen LogP contribution >= 0.6 is 0 Å². The fourth-order valence-electron chi connectivity index (χ4n) is 2.44. The first kappa shape index (κ1) is 14.5. The smallest absolute Gasteiger partial charge is 0.123 e. The van der Waals surface area contributed by atoms with Crippen molar-refractivity contribution in [2.45, 2.75) is 25.8 Å². The Kier molecular flexibility index (Phi) is 5.13. The van der Waals surface area contributed by atoms with E-state index in [0.29, 0.717) is 0 Å². The number of aromatic nitrogens is 1. The summed E-state index contributed by atoms with van der Waals surface area (Å²) in [5, 5.41) is 3.39. The van der Waals surface area contributed by atoms with Crippen LogP contribution in [0.3, 0.4) is 0 Å². The maximum Gasteiger partial charge on any atom is 0.123 e. The molecule has 0 amide bonds. The zero-order chi connectivity index (χ0) is 14.4. The van der Waals surface area contributed by atoms with Crippen LogP contribution in [-0.4, -0.2) is 19.1 Å². The molecule has 2 rings (SSSR count). The minimum absolute atomic E-state index is 0.282. The molecule has 0 spiro atoms. The molecule has 1 N–H and O–H groups in total. The largest absolute Gasteiger partial charge is 0.496 e. The van der Waals surface area contributed by atoms with Gasteiger partial charge in [0.15, 0.2) is 0 Å². The van der Waals surface area contributed by atoms with Gasteiger partial charge in [0, 0.05) is 24.0 Å². The molecule has 3 nitrogen and oxygen atoms in total. The standard InChI is InChI=1S/C17H22N2O/c1-13-6-9-17(20-3)15(11-13)16(18-2)8-7-14-5-4-10-19-12-14/h4-6,9-12,16,18H,7-8H2,1-3H3. The Labute approximate surface area is 121 Å². The number of hydrogen-bond acceptors (Lipinski definition) is 3. The van der Waals surface area contributed by atoms with Gasteiger partial charge in [0.1, 0.15) is 5.75 Å². The van der Waals surface area contributed by atoms with Gasteiger partial charge in [-0.2, -0.15) is 0 Å². The highest BCUT2D eigenvalue weighted by molar-refractivity contribution is 5.39. The molecule has 0 aliphatic rings. The molecule has 1 atom stereocenters. The van der Waals surface area contributed by atoms with Gasteiger partial charge in [0.05, 0.1) is 7.11 Å². The van der Waals surface area contributed by atoms with Gasteiger partial charge in [-0.1, -0.05) is 23.8 Å². The second kappa shape index (κ2) is 7.06. The zero-order valence-electron chi connectivity index (χ0n) is 12.4. The van der Waals surface area contributed by atoms with E-state index in [1.54, 1.807) is 7.11 Å². The van der Waals surface area contributed by atoms with Gasteiger partial charge in [-0.3, -0.25) is 4.98 Å². The maximum atomic E-state index is 5.48. The van der Waals surface area contributed by atoms with E-state index >= 15 is 0 Å². The van der Waals surface area contributed by atoms with Crippen molar-refractivity contribution in [3.63, 3.8) is 0 Å². The van der Waals surface area contributed by atoms with Crippen molar-refractivity contribution in [2.24, 2.45) is 0 Å². The monoisotopic (exact) mass is 270 g/mol. The van der Waals surface area contributed by atoms with Gasteiger partial charge < -0.3 is 10.1 Å². The number of ether oxygens (including phenoxy) is 1. The van der Waals surface area contributed by atoms with E-state index in [0.717, 1.165) is 18.6 Å². The third kappa shape index (κ3) is 3.58. The van der Waals surface area contributed by atoms with Crippen molar-refractivity contribution >= 4 is 0 Å². The Morgan fingerprint density at radius 2 is 2.15 bits per heavy atom. The van der Waals surface area contributed by atoms with Crippen molar-refractivity contribution in [3.8, 4) is 5.75 Å². The SMILES string of the molecule is CNC(CCc1cccnc1)c1cc(C)ccc1OC. The van der Waals surface area contributed by atoms with Crippen LogP contribution in [0.4, 0.5) is 0 Å². The van der Waals surface area contributed by atoms with Crippen molar-refractivity contribution < 1.29 is 4.74 Å². The minimum atomic E-state index is 0.282. The minimum Gasteiger partial charge on any atom is -0.496 e. The molecule has 1 aromatic carbocycles. The summed E-state index contributed by atoms with van der Waals surface area (Å²) in [7, 11) is 3.72. The third-order valence-electron chi connectivity index (χ3n) is 3.55. The number of methoxy groups -OCH3 is 1. The second-order valence-electron chi connectivity index (χ2n) is 4.99. The first-order valence-electron chi connectivity index (χ1n) is 6.95. The van der Waals surface area contributed by atoms with E-state index in [2.05, 4.69) is 35.4 Å². The van der Waals surface area contributed by atoms with E-state index < -0.39 is 0 Å². The lowest BCUT2D eigenvalue weighted by Gasteiger charge is -2.20. The summed E-state index contributed by atoms with van der Waals surface area (Å²) in [6.45, 7) is 2.11. The van der Waals surface area contributed by atoms with Crippen molar-refractivity contribution in [1.82, 2.24) is 10.3 Å². The van der Waals surface area contributed by atoms with Crippen LogP contribution in [0, 0.1) is 6.92 Å². The van der Waals surface area contributed by atoms with Crippen LogP contribution in [-0.2, 0) is 6.42 Å². The summed E-state index contributed by atoms with van der Waals surface area (Å²) < 4.78 is 5.48. The van der Waals surface area contributed by atoms with Crippen LogP contribution in [0.5, 0.6) is 5.75 Å². The summed E-state index contributed by atoms with van der Waals surface area (Å²) in [5.74, 6) is 0.945. The number of nitrogens with zero attached hydrogens (tertiary/aromatic N) is 1. The highest BCUT2D eigenvalue weighted by Crippen LogP contribution is 2.29. The first-order chi connectivity index (χ1) is 9.74. The van der Waals surface area contributed by atoms with Crippen LogP contribution in [0.15, 0.2) is 42.7 Å². The number of hydrogen-bond donors (Lipinski definition) is 1. The summed E-state index contributed by atoms with van der Waals surface area (Å²) in [4.78, 5) is 4.16. The fraction of sp³-hybridized carbons (Fsp3) is 0.353. The molecule has 0 radical (unpaired) electrons. The number of aryl methyl sites for hydroxylation is 2. The Hall–Kier alpha value is -1.87. The molecular weight excluding hydrogens is 248 g/mol. The second-order valence-corrected chi connectivity index (χ2v) is 4.99. The van der Waals surface area contributed by atoms with Crippen molar-refractivity contribution in [1.29, 1.82) is 0 Å². The first-order valence-corrected chi connectivity index (χ1v) is 6.95. The normalized spacial score (nSPS) is 12.2. The van der Waals surface area contributed by atoms with E-state index in [9.17, 15) is 0 Å². The van der Waals surface area contributed by atoms with Crippen LogP contribution < -0.4 is 10.1 Å². The number of rotatable bonds is 6. The number of pyridine rings is 1. The van der Waals surface area contributed by atoms with Crippen molar-refractivity contribution in [3.05, 3.63) is 59.4 Å². The summed E-state index contributed by atoms with van der Waals surface area (Å²) >= 11 is 0. The van der Waals surface area contributed by atoms with Crippen LogP contribution in [0.2, 0.25) is 0 Å². The van der Waals surface area contributed by atoms with Gasteiger partial charge in [-0.15, -0.1) is 0 Å². The Bertz CT molecular complexity index is 540. The van der Waals surface area contributed by atoms with E-state index in [-0.39, 0.29) is 6.04 Å². The van der Waals surface area contributed by atoms with E-state index in [1.165, 1.54) is 16.7 Å². The molecule has 1 aromatic heterocycles. The lowest BCUT2D eigenvalue weighted by Crippen LogP contribution is -2.18. The van der Waals surface area contributed by atoms with E-state index in [1.807, 2.05) is 31.6 Å². The summed E-state index contributed by atoms with van der Waals surface area (Å²) in [6.07, 6.45) is 5.75. The Morgan fingerprint density at radius 1 is 1.30 bits per heavy atom. The highest BCUT2D eigenvalue weighted by Gasteiger charge is 2.14. The van der Waals surface area contributed by atoms with Gasteiger partial charge in [0.25, 0.3) is 0 Å². The lowest BCUT2D eigenvalue weighted by atomic mass is 9.97. The molecule has 0 bridgehead atoms. The molecule has 1 heterocycles. The molecule has 0 saturated heterocycles. The zero-order valence-corrected chi connectivity index (χ0v) is 12.4. The predicted molar refractivity (Wildman–Crippen MR) is 82.1 cm³/mol. The molecule has 0 aliphatic carbocycles. The molecule has 0 fully saturated rings. The van der Waals surface area contributed by atoms with Gasteiger partial charge in [-0.05, 0) is 44.5 Å². The van der Waals surface area contributed by atoms with Crippen LogP contribution in [0.25, 0.3) is 0 Å². The molecule has 2 aromatic rings. The number of benzene rings is 1. The molecular formula is C17H22N2O. The Morgan fingerprint density at radius 3 is 2.80 bits per heavy atom. The molecule has 106 valence electrons. The maximum absolute atomic E-state index is 5.48. The average Bonchev–Trinajstić information content (AvgIpc) is 2.49. The molecule has 20 heavy (non-hydrogen) atoms. The van der Waals surface area contributed by atoms with Gasteiger partial charge in [-0.25, -0.2) is 0 Å². The highest BCUT2D eigenvalue weighted by atomic mass is 16.5. The molecule has 3 heteroatoms. The molecule has 1 unspecified atom stereocenters. The fourth-order valence-corrected chi connectivity index (χ4v) is 2.44. The third-order valence-corrected chi connectivity index (χ3v) is 3.55. The molecule has 0 saturated carbocycles. The predicted octanol–water partition coefficient (Wildman–Crippen LogP) is 3.29. The topological polar surface area (TPSA) is 34.2 Å². The average molecular weight is 270 g/mol. The lowest BCUT2D eigenvalue weighted by molar-refractivity contribution is 0.398. The van der Waals surface area contributed by atoms with Gasteiger partial charge in [0.2, 0.25) is 0 Å². The number of nitrogens with one attached hydrogen (secondary N) is 1. The van der Waals surface area contributed by atoms with Gasteiger partial charge >= 0.3 is 0 Å². The van der Waals surface area contributed by atoms with E-state index in [4.69, 9.17) is 4.74 Å². The van der Waals surface area contributed by atoms with Crippen LogP contribution in [0.1, 0.15) is 29.2 Å². The Balaban J connectivity index is 2.14. The summed E-state index contributed by atoms with van der Waals surface area (Å²) in [5.41, 5.74) is 3.74. The summed E-state index contributed by atoms with van der Waals surface area (Å²) in [6, 6.07) is 10.7. The quantitative estimate of drug-likeness (QED) is 0.874. The van der Waals surface area contributed by atoms with Crippen molar-refractivity contribution in [2.75, 3.05) is 14.2 Å².